The van der Waals surface area contributed by atoms with Crippen LogP contribution in [-0.4, -0.2) is 55.8 Å². The van der Waals surface area contributed by atoms with Gasteiger partial charge in [-0.3, -0.25) is 9.79 Å². The van der Waals surface area contributed by atoms with E-state index in [9.17, 15) is 18.0 Å². The van der Waals surface area contributed by atoms with Crippen molar-refractivity contribution >= 4 is 28.4 Å². The van der Waals surface area contributed by atoms with Gasteiger partial charge in [-0.15, -0.1) is 0 Å². The molecular formula is C27H41F3N4OS. The molecule has 2 atom stereocenters. The molecule has 1 fully saturated rings. The predicted octanol–water partition coefficient (Wildman–Crippen LogP) is 5.88. The van der Waals surface area contributed by atoms with E-state index in [1.54, 1.807) is 6.92 Å². The zero-order chi connectivity index (χ0) is 27.7. The lowest BCUT2D eigenvalue weighted by atomic mass is 9.86. The Bertz CT molecular complexity index is 922. The highest BCUT2D eigenvalue weighted by molar-refractivity contribution is 8.17. The molecule has 202 valence electrons. The van der Waals surface area contributed by atoms with Crippen LogP contribution in [0, 0.1) is 11.3 Å². The minimum atomic E-state index is -4.39. The number of benzene rings is 1. The lowest BCUT2D eigenvalue weighted by Gasteiger charge is -2.30. The standard InChI is InChI=1S/C25H35F3N4OS.C2H6/c1-16(2)34-23(30-4)21(24(11-12-24)25(26,27)28)14-22(33)31-15-20(32(5)6)13-18-7-9-19(10-8-18)17(3)29;1-2/h7-10,20-21H,1,3,11-15,29H2,2,4-6H3,(H,31,33);1-2H3. The van der Waals surface area contributed by atoms with E-state index in [1.165, 1.54) is 7.05 Å². The number of nitrogens with zero attached hydrogens (tertiary/aromatic N) is 2. The molecule has 1 aromatic rings. The molecule has 0 radical (unpaired) electrons. The largest absolute Gasteiger partial charge is 0.399 e. The number of aliphatic imine (C=N–C) groups is 1. The maximum absolute atomic E-state index is 13.9. The number of amides is 1. The summed E-state index contributed by atoms with van der Waals surface area (Å²) in [6.45, 7) is 13.5. The van der Waals surface area contributed by atoms with Crippen LogP contribution < -0.4 is 11.1 Å². The predicted molar refractivity (Wildman–Crippen MR) is 147 cm³/mol. The maximum Gasteiger partial charge on any atom is 0.395 e. The summed E-state index contributed by atoms with van der Waals surface area (Å²) >= 11 is 1.12. The van der Waals surface area contributed by atoms with Gasteiger partial charge in [-0.25, -0.2) is 0 Å². The highest BCUT2D eigenvalue weighted by atomic mass is 32.2. The van der Waals surface area contributed by atoms with Crippen molar-refractivity contribution < 1.29 is 18.0 Å². The fraction of sp³-hybridized carbons (Fsp3) is 0.556. The fourth-order valence-electron chi connectivity index (χ4n) is 3.99. The van der Waals surface area contributed by atoms with Crippen LogP contribution in [0.15, 0.2) is 47.3 Å². The molecule has 1 aliphatic rings. The lowest BCUT2D eigenvalue weighted by molar-refractivity contribution is -0.196. The van der Waals surface area contributed by atoms with Gasteiger partial charge in [-0.1, -0.05) is 63.0 Å². The molecule has 0 bridgehead atoms. The topological polar surface area (TPSA) is 70.7 Å². The molecule has 2 rings (SSSR count). The Morgan fingerprint density at radius 1 is 1.22 bits per heavy atom. The number of carbonyl (C=O) groups excluding carboxylic acids is 1. The Kier molecular flexibility index (Phi) is 12.3. The Labute approximate surface area is 218 Å². The van der Waals surface area contributed by atoms with E-state index in [0.29, 0.717) is 28.6 Å². The summed E-state index contributed by atoms with van der Waals surface area (Å²) in [5.74, 6) is -1.43. The van der Waals surface area contributed by atoms with Gasteiger partial charge in [0.2, 0.25) is 5.91 Å². The average molecular weight is 527 g/mol. The zero-order valence-corrected chi connectivity index (χ0v) is 23.2. The van der Waals surface area contributed by atoms with Gasteiger partial charge in [-0.2, -0.15) is 13.2 Å². The smallest absolute Gasteiger partial charge is 0.395 e. The molecule has 1 aromatic carbocycles. The fourth-order valence-corrected chi connectivity index (χ4v) is 4.89. The van der Waals surface area contributed by atoms with Gasteiger partial charge in [-0.05, 0) is 56.3 Å². The summed E-state index contributed by atoms with van der Waals surface area (Å²) < 4.78 is 41.8. The third kappa shape index (κ3) is 8.69. The minimum Gasteiger partial charge on any atom is -0.399 e. The van der Waals surface area contributed by atoms with Crippen molar-refractivity contribution in [2.45, 2.75) is 58.7 Å². The molecule has 0 heterocycles. The van der Waals surface area contributed by atoms with Gasteiger partial charge in [0.15, 0.2) is 0 Å². The third-order valence-corrected chi connectivity index (χ3v) is 7.29. The quantitative estimate of drug-likeness (QED) is 0.279. The highest BCUT2D eigenvalue weighted by Crippen LogP contribution is 2.64. The summed E-state index contributed by atoms with van der Waals surface area (Å²) in [7, 11) is 5.28. The van der Waals surface area contributed by atoms with Gasteiger partial charge in [0.1, 0.15) is 0 Å². The highest BCUT2D eigenvalue weighted by Gasteiger charge is 2.68. The molecule has 1 aliphatic carbocycles. The van der Waals surface area contributed by atoms with E-state index < -0.39 is 23.4 Å². The second kappa shape index (κ2) is 13.9. The average Bonchev–Trinajstić information content (AvgIpc) is 3.62. The molecule has 0 aromatic heterocycles. The molecule has 1 amide bonds. The van der Waals surface area contributed by atoms with Gasteiger partial charge >= 0.3 is 6.18 Å². The first-order valence-electron chi connectivity index (χ1n) is 12.1. The first-order chi connectivity index (χ1) is 16.8. The molecule has 2 unspecified atom stereocenters. The van der Waals surface area contributed by atoms with Crippen molar-refractivity contribution in [2.75, 3.05) is 27.7 Å². The number of thioether (sulfide) groups is 1. The number of halogens is 3. The van der Waals surface area contributed by atoms with E-state index >= 15 is 0 Å². The summed E-state index contributed by atoms with van der Waals surface area (Å²) in [5.41, 5.74) is 6.23. The van der Waals surface area contributed by atoms with Crippen LogP contribution in [0.4, 0.5) is 13.2 Å². The van der Waals surface area contributed by atoms with Gasteiger partial charge in [0.05, 0.1) is 10.5 Å². The van der Waals surface area contributed by atoms with E-state index in [1.807, 2.05) is 57.1 Å². The molecule has 0 spiro atoms. The molecule has 0 aliphatic heterocycles. The van der Waals surface area contributed by atoms with Crippen molar-refractivity contribution in [1.29, 1.82) is 0 Å². The molecular weight excluding hydrogens is 485 g/mol. The van der Waals surface area contributed by atoms with Crippen LogP contribution >= 0.6 is 11.8 Å². The van der Waals surface area contributed by atoms with Crippen LogP contribution in [0.2, 0.25) is 0 Å². The summed E-state index contributed by atoms with van der Waals surface area (Å²) in [5, 5.41) is 3.17. The van der Waals surface area contributed by atoms with E-state index in [2.05, 4.69) is 23.5 Å². The second-order valence-electron chi connectivity index (χ2n) is 9.12. The minimum absolute atomic E-state index is 0.00968. The van der Waals surface area contributed by atoms with Gasteiger partial charge in [0, 0.05) is 37.7 Å². The van der Waals surface area contributed by atoms with E-state index in [4.69, 9.17) is 5.73 Å². The first kappa shape index (κ1) is 31.8. The molecule has 36 heavy (non-hydrogen) atoms. The molecule has 1 saturated carbocycles. The van der Waals surface area contributed by atoms with E-state index in [-0.39, 0.29) is 25.3 Å². The Balaban J connectivity index is 0.00000316. The first-order valence-corrected chi connectivity index (χ1v) is 13.0. The SMILES string of the molecule is C=C(C)SC(=NC)C(CC(=O)NCC(Cc1ccc(C(=C)N)cc1)N(C)C)C1(C(F)(F)F)CC1.CC. The molecule has 3 N–H and O–H groups in total. The van der Waals surface area contributed by atoms with Crippen LogP contribution in [-0.2, 0) is 11.2 Å². The monoisotopic (exact) mass is 526 g/mol. The van der Waals surface area contributed by atoms with Crippen molar-refractivity contribution in [2.24, 2.45) is 22.1 Å². The normalized spacial score (nSPS) is 16.4. The van der Waals surface area contributed by atoms with Crippen LogP contribution in [0.25, 0.3) is 5.70 Å². The van der Waals surface area contributed by atoms with Crippen LogP contribution in [0.5, 0.6) is 0 Å². The number of rotatable bonds is 11. The number of alkyl halides is 3. The number of nitrogens with two attached hydrogens (primary N) is 1. The van der Waals surface area contributed by atoms with Crippen LogP contribution in [0.3, 0.4) is 0 Å². The molecule has 9 heteroatoms. The maximum atomic E-state index is 13.9. The molecule has 5 nitrogen and oxygen atoms in total. The molecule has 0 saturated heterocycles. The zero-order valence-electron chi connectivity index (χ0n) is 22.3. The van der Waals surface area contributed by atoms with Crippen molar-refractivity contribution in [3.05, 3.63) is 53.5 Å². The van der Waals surface area contributed by atoms with E-state index in [0.717, 1.165) is 22.9 Å². The number of carbonyl (C=O) groups is 1. The summed E-state index contributed by atoms with van der Waals surface area (Å²) in [6, 6.07) is 7.67. The number of nitrogens with one attached hydrogen (secondary N) is 1. The summed E-state index contributed by atoms with van der Waals surface area (Å²) in [6.07, 6.45) is -3.98. The second-order valence-corrected chi connectivity index (χ2v) is 10.4. The number of hydrogen-bond acceptors (Lipinski definition) is 5. The third-order valence-electron chi connectivity index (χ3n) is 6.27. The summed E-state index contributed by atoms with van der Waals surface area (Å²) in [4.78, 5) is 19.6. The Morgan fingerprint density at radius 3 is 2.17 bits per heavy atom. The van der Waals surface area contributed by atoms with Crippen molar-refractivity contribution in [3.8, 4) is 0 Å². The van der Waals surface area contributed by atoms with Gasteiger partial charge in [0.25, 0.3) is 0 Å². The van der Waals surface area contributed by atoms with Crippen molar-refractivity contribution in [1.82, 2.24) is 10.2 Å². The Hall–Kier alpha value is -2.26. The lowest BCUT2D eigenvalue weighted by Crippen LogP contribution is -2.44. The number of likely N-dealkylation sites (N-methyl/N-ethyl adjacent to an activating group) is 1. The Morgan fingerprint density at radius 2 is 1.78 bits per heavy atom. The number of allylic oxidation sites excluding steroid dienone is 1. The number of hydrogen-bond donors (Lipinski definition) is 2. The van der Waals surface area contributed by atoms with Crippen molar-refractivity contribution in [3.63, 3.8) is 0 Å². The van der Waals surface area contributed by atoms with Gasteiger partial charge < -0.3 is 16.0 Å². The van der Waals surface area contributed by atoms with Crippen LogP contribution in [0.1, 0.15) is 51.2 Å².